The number of aryl methyl sites for hydroxylation is 1. The van der Waals surface area contributed by atoms with Crippen molar-refractivity contribution in [3.05, 3.63) is 18.0 Å². The van der Waals surface area contributed by atoms with Crippen LogP contribution in [0.2, 0.25) is 0 Å². The molecule has 110 valence electrons. The third-order valence-corrected chi connectivity index (χ3v) is 4.56. The molecule has 0 unspecified atom stereocenters. The van der Waals surface area contributed by atoms with Gasteiger partial charge in [0.05, 0.1) is 6.10 Å². The monoisotopic (exact) mass is 276 g/mol. The molecule has 0 atom stereocenters. The molecule has 1 aromatic rings. The van der Waals surface area contributed by atoms with Crippen molar-refractivity contribution in [3.8, 4) is 0 Å². The third kappa shape index (κ3) is 3.10. The molecule has 0 spiro atoms. The minimum atomic E-state index is -0.0618. The molecule has 0 bridgehead atoms. The van der Waals surface area contributed by atoms with Gasteiger partial charge >= 0.3 is 0 Å². The van der Waals surface area contributed by atoms with E-state index in [1.165, 1.54) is 0 Å². The van der Waals surface area contributed by atoms with Crippen molar-refractivity contribution < 1.29 is 5.11 Å². The summed E-state index contributed by atoms with van der Waals surface area (Å²) in [6, 6.07) is 2.60. The zero-order chi connectivity index (χ0) is 13.9. The minimum absolute atomic E-state index is 0.0618. The first-order valence-electron chi connectivity index (χ1n) is 7.69. The number of piperazine rings is 1. The van der Waals surface area contributed by atoms with E-state index < -0.39 is 0 Å². The van der Waals surface area contributed by atoms with Crippen molar-refractivity contribution in [1.29, 1.82) is 0 Å². The molecule has 0 radical (unpaired) electrons. The van der Waals surface area contributed by atoms with Crippen LogP contribution in [0.3, 0.4) is 0 Å². The Labute approximate surface area is 120 Å². The molecule has 1 aromatic heterocycles. The molecule has 2 aliphatic rings. The predicted molar refractivity (Wildman–Crippen MR) is 78.8 cm³/mol. The first kappa shape index (κ1) is 13.8. The summed E-state index contributed by atoms with van der Waals surface area (Å²) in [7, 11) is 0. The Morgan fingerprint density at radius 2 is 1.80 bits per heavy atom. The van der Waals surface area contributed by atoms with Crippen molar-refractivity contribution in [3.63, 3.8) is 0 Å². The molecule has 1 saturated carbocycles. The van der Waals surface area contributed by atoms with Gasteiger partial charge < -0.3 is 10.0 Å². The van der Waals surface area contributed by atoms with E-state index in [-0.39, 0.29) is 6.10 Å². The lowest BCUT2D eigenvalue weighted by Gasteiger charge is -2.41. The number of anilines is 1. The van der Waals surface area contributed by atoms with Gasteiger partial charge in [-0.3, -0.25) is 4.90 Å². The Hall–Kier alpha value is -1.20. The second-order valence-corrected chi connectivity index (χ2v) is 5.98. The SMILES string of the molecule is Cc1ccnc(N2CCN([C@H]3CC[C@@H](O)CC3)CC2)n1. The molecule has 0 amide bonds. The highest BCUT2D eigenvalue weighted by atomic mass is 16.3. The van der Waals surface area contributed by atoms with Crippen molar-refractivity contribution in [1.82, 2.24) is 14.9 Å². The molecule has 20 heavy (non-hydrogen) atoms. The standard InChI is InChI=1S/C15H24N4O/c1-12-6-7-16-15(17-12)19-10-8-18(9-11-19)13-2-4-14(20)5-3-13/h6-7,13-14,20H,2-5,8-11H2,1H3/t13-,14+. The van der Waals surface area contributed by atoms with E-state index in [9.17, 15) is 5.11 Å². The van der Waals surface area contributed by atoms with Crippen LogP contribution in [0.4, 0.5) is 5.95 Å². The van der Waals surface area contributed by atoms with Gasteiger partial charge in [-0.2, -0.15) is 0 Å². The summed E-state index contributed by atoms with van der Waals surface area (Å²) in [4.78, 5) is 13.7. The first-order valence-corrected chi connectivity index (χ1v) is 7.69. The van der Waals surface area contributed by atoms with Gasteiger partial charge in [0.15, 0.2) is 0 Å². The third-order valence-electron chi connectivity index (χ3n) is 4.56. The van der Waals surface area contributed by atoms with Crippen LogP contribution in [0.25, 0.3) is 0 Å². The Morgan fingerprint density at radius 3 is 2.45 bits per heavy atom. The van der Waals surface area contributed by atoms with E-state index in [1.807, 2.05) is 19.2 Å². The lowest BCUT2D eigenvalue weighted by molar-refractivity contribution is 0.0710. The van der Waals surface area contributed by atoms with E-state index in [0.29, 0.717) is 6.04 Å². The normalized spacial score (nSPS) is 28.6. The highest BCUT2D eigenvalue weighted by Gasteiger charge is 2.28. The van der Waals surface area contributed by atoms with Crippen LogP contribution in [0.5, 0.6) is 0 Å². The highest BCUT2D eigenvalue weighted by molar-refractivity contribution is 5.30. The van der Waals surface area contributed by atoms with Crippen LogP contribution >= 0.6 is 0 Å². The molecule has 1 saturated heterocycles. The molecule has 1 aliphatic carbocycles. The van der Waals surface area contributed by atoms with Gasteiger partial charge in [0.2, 0.25) is 5.95 Å². The fourth-order valence-corrected chi connectivity index (χ4v) is 3.30. The van der Waals surface area contributed by atoms with E-state index in [0.717, 1.165) is 63.5 Å². The average Bonchev–Trinajstić information content (AvgIpc) is 2.48. The molecule has 5 heteroatoms. The number of aliphatic hydroxyl groups excluding tert-OH is 1. The Bertz CT molecular complexity index is 437. The number of nitrogens with zero attached hydrogens (tertiary/aromatic N) is 4. The van der Waals surface area contributed by atoms with Gasteiger partial charge in [0.25, 0.3) is 0 Å². The largest absolute Gasteiger partial charge is 0.393 e. The lowest BCUT2D eigenvalue weighted by atomic mass is 9.91. The van der Waals surface area contributed by atoms with Crippen molar-refractivity contribution >= 4 is 5.95 Å². The Morgan fingerprint density at radius 1 is 1.10 bits per heavy atom. The van der Waals surface area contributed by atoms with E-state index in [2.05, 4.69) is 19.8 Å². The van der Waals surface area contributed by atoms with Gasteiger partial charge in [-0.1, -0.05) is 0 Å². The van der Waals surface area contributed by atoms with Crippen LogP contribution < -0.4 is 4.90 Å². The van der Waals surface area contributed by atoms with Gasteiger partial charge in [0.1, 0.15) is 0 Å². The summed E-state index contributed by atoms with van der Waals surface area (Å²) in [6.45, 7) is 6.18. The van der Waals surface area contributed by atoms with Gasteiger partial charge in [-0.25, -0.2) is 9.97 Å². The summed E-state index contributed by atoms with van der Waals surface area (Å²) in [5.74, 6) is 0.865. The van der Waals surface area contributed by atoms with Crippen molar-refractivity contribution in [2.45, 2.75) is 44.8 Å². The second-order valence-electron chi connectivity index (χ2n) is 5.98. The van der Waals surface area contributed by atoms with Crippen LogP contribution in [-0.4, -0.2) is 58.3 Å². The minimum Gasteiger partial charge on any atom is -0.393 e. The molecule has 0 aromatic carbocycles. The lowest BCUT2D eigenvalue weighted by Crippen LogP contribution is -2.51. The first-order chi connectivity index (χ1) is 9.72. The van der Waals surface area contributed by atoms with Gasteiger partial charge in [-0.05, 0) is 38.7 Å². The summed E-state index contributed by atoms with van der Waals surface area (Å²) in [5.41, 5.74) is 1.03. The second kappa shape index (κ2) is 6.06. The number of rotatable bonds is 2. The summed E-state index contributed by atoms with van der Waals surface area (Å²) in [5, 5.41) is 9.60. The summed E-state index contributed by atoms with van der Waals surface area (Å²) >= 11 is 0. The maximum Gasteiger partial charge on any atom is 0.225 e. The summed E-state index contributed by atoms with van der Waals surface area (Å²) < 4.78 is 0. The quantitative estimate of drug-likeness (QED) is 0.880. The topological polar surface area (TPSA) is 52.5 Å². The summed E-state index contributed by atoms with van der Waals surface area (Å²) in [6.07, 6.45) is 5.99. The predicted octanol–water partition coefficient (Wildman–Crippen LogP) is 1.21. The molecule has 1 aliphatic heterocycles. The number of aliphatic hydroxyl groups is 1. The Kier molecular flexibility index (Phi) is 4.17. The van der Waals surface area contributed by atoms with E-state index in [4.69, 9.17) is 0 Å². The van der Waals surface area contributed by atoms with E-state index in [1.54, 1.807) is 0 Å². The molecular formula is C15H24N4O. The molecule has 1 N–H and O–H groups in total. The fraction of sp³-hybridized carbons (Fsp3) is 0.733. The molecule has 2 heterocycles. The van der Waals surface area contributed by atoms with Crippen molar-refractivity contribution in [2.24, 2.45) is 0 Å². The smallest absolute Gasteiger partial charge is 0.225 e. The molecule has 3 rings (SSSR count). The molecule has 5 nitrogen and oxygen atoms in total. The maximum absolute atomic E-state index is 9.60. The van der Waals surface area contributed by atoms with Gasteiger partial charge in [0, 0.05) is 44.1 Å². The van der Waals surface area contributed by atoms with E-state index >= 15 is 0 Å². The highest BCUT2D eigenvalue weighted by Crippen LogP contribution is 2.24. The average molecular weight is 276 g/mol. The fourth-order valence-electron chi connectivity index (χ4n) is 3.30. The zero-order valence-electron chi connectivity index (χ0n) is 12.2. The maximum atomic E-state index is 9.60. The molecular weight excluding hydrogens is 252 g/mol. The number of aromatic nitrogens is 2. The van der Waals surface area contributed by atoms with Crippen LogP contribution in [-0.2, 0) is 0 Å². The number of hydrogen-bond donors (Lipinski definition) is 1. The number of hydrogen-bond acceptors (Lipinski definition) is 5. The van der Waals surface area contributed by atoms with Gasteiger partial charge in [-0.15, -0.1) is 0 Å². The molecule has 2 fully saturated rings. The van der Waals surface area contributed by atoms with Crippen LogP contribution in [0.1, 0.15) is 31.4 Å². The van der Waals surface area contributed by atoms with Crippen molar-refractivity contribution in [2.75, 3.05) is 31.1 Å². The zero-order valence-corrected chi connectivity index (χ0v) is 12.2. The van der Waals surface area contributed by atoms with Crippen LogP contribution in [0, 0.1) is 6.92 Å². The van der Waals surface area contributed by atoms with Crippen LogP contribution in [0.15, 0.2) is 12.3 Å². The Balaban J connectivity index is 1.54.